The highest BCUT2D eigenvalue weighted by atomic mass is 16.5. The summed E-state index contributed by atoms with van der Waals surface area (Å²) in [6.07, 6.45) is 0. The minimum Gasteiger partial charge on any atom is -0.380 e. The number of imidazole rings is 1. The fourth-order valence-corrected chi connectivity index (χ4v) is 3.33. The van der Waals surface area contributed by atoms with Crippen LogP contribution in [0.15, 0.2) is 14.7 Å². The average Bonchev–Trinajstić information content (AvgIpc) is 3.08. The fraction of sp³-hybridized carbons (Fsp3) is 0.667. The van der Waals surface area contributed by atoms with E-state index < -0.39 is 5.69 Å². The van der Waals surface area contributed by atoms with E-state index in [0.29, 0.717) is 50.1 Å². The van der Waals surface area contributed by atoms with Crippen LogP contribution in [0.1, 0.15) is 33.7 Å². The predicted octanol–water partition coefficient (Wildman–Crippen LogP) is 0.727. The molecule has 0 saturated carbocycles. The van der Waals surface area contributed by atoms with Crippen molar-refractivity contribution in [3.8, 4) is 0 Å². The van der Waals surface area contributed by atoms with E-state index in [4.69, 9.17) is 9.47 Å². The van der Waals surface area contributed by atoms with Crippen molar-refractivity contribution in [3.05, 3.63) is 20.8 Å². The maximum Gasteiger partial charge on any atom is 0.332 e. The molecule has 0 bridgehead atoms. The number of rotatable bonds is 8. The molecule has 10 heteroatoms. The summed E-state index contributed by atoms with van der Waals surface area (Å²) < 4.78 is 15.3. The highest BCUT2D eigenvalue weighted by molar-refractivity contribution is 5.91. The van der Waals surface area contributed by atoms with E-state index in [9.17, 15) is 9.59 Å². The lowest BCUT2D eigenvalue weighted by molar-refractivity contribution is 0.137. The van der Waals surface area contributed by atoms with Gasteiger partial charge in [-0.05, 0) is 27.7 Å². The molecule has 3 heterocycles. The zero-order valence-electron chi connectivity index (χ0n) is 17.1. The van der Waals surface area contributed by atoms with Crippen molar-refractivity contribution < 1.29 is 9.47 Å². The summed E-state index contributed by atoms with van der Waals surface area (Å²) in [6, 6.07) is -0.145. The molecule has 0 saturated heterocycles. The second kappa shape index (κ2) is 8.27. The number of fused-ring (bicyclic) bond motifs is 3. The Morgan fingerprint density at radius 1 is 1.07 bits per heavy atom. The molecule has 3 rings (SSSR count). The zero-order chi connectivity index (χ0) is 20.4. The molecule has 0 radical (unpaired) electrons. The monoisotopic (exact) mass is 392 g/mol. The normalized spacial score (nSPS) is 16.5. The molecule has 0 spiro atoms. The SMILES string of the molecule is CCOCCN1N=C(C)C(C)n2c1nc1c2c(=O)n(CCOCC)c(=O)n1C. The van der Waals surface area contributed by atoms with Crippen molar-refractivity contribution in [2.75, 3.05) is 38.0 Å². The van der Waals surface area contributed by atoms with E-state index in [1.807, 2.05) is 32.3 Å². The number of anilines is 1. The molecule has 1 atom stereocenters. The number of hydrogen-bond donors (Lipinski definition) is 0. The summed E-state index contributed by atoms with van der Waals surface area (Å²) in [7, 11) is 1.63. The first-order chi connectivity index (χ1) is 13.4. The molecule has 28 heavy (non-hydrogen) atoms. The van der Waals surface area contributed by atoms with Crippen LogP contribution in [0.3, 0.4) is 0 Å². The van der Waals surface area contributed by atoms with Crippen LogP contribution >= 0.6 is 0 Å². The minimum atomic E-state index is -0.404. The summed E-state index contributed by atoms with van der Waals surface area (Å²) in [5.41, 5.74) is 0.853. The molecular weight excluding hydrogens is 364 g/mol. The summed E-state index contributed by atoms with van der Waals surface area (Å²) in [6.45, 7) is 10.3. The van der Waals surface area contributed by atoms with Crippen LogP contribution in [0, 0.1) is 0 Å². The number of aryl methyl sites for hydroxylation is 1. The molecule has 2 aromatic rings. The van der Waals surface area contributed by atoms with Gasteiger partial charge in [0.25, 0.3) is 5.56 Å². The summed E-state index contributed by atoms with van der Waals surface area (Å²) in [5, 5.41) is 6.34. The van der Waals surface area contributed by atoms with E-state index in [2.05, 4.69) is 10.1 Å². The van der Waals surface area contributed by atoms with Gasteiger partial charge in [0.1, 0.15) is 0 Å². The molecule has 0 aromatic carbocycles. The Morgan fingerprint density at radius 2 is 1.71 bits per heavy atom. The van der Waals surface area contributed by atoms with E-state index >= 15 is 0 Å². The van der Waals surface area contributed by atoms with Crippen LogP contribution < -0.4 is 16.3 Å². The topological polar surface area (TPSA) is 95.9 Å². The van der Waals surface area contributed by atoms with E-state index in [1.165, 1.54) is 9.13 Å². The van der Waals surface area contributed by atoms with Gasteiger partial charge >= 0.3 is 5.69 Å². The number of hydrogen-bond acceptors (Lipinski definition) is 7. The number of hydrazone groups is 1. The van der Waals surface area contributed by atoms with Crippen LogP contribution in [-0.2, 0) is 23.1 Å². The van der Waals surface area contributed by atoms with Gasteiger partial charge in [-0.25, -0.2) is 9.80 Å². The van der Waals surface area contributed by atoms with Crippen molar-refractivity contribution >= 4 is 22.8 Å². The molecule has 1 aliphatic heterocycles. The summed E-state index contributed by atoms with van der Waals surface area (Å²) in [4.78, 5) is 30.5. The van der Waals surface area contributed by atoms with Crippen LogP contribution in [0.25, 0.3) is 11.2 Å². The van der Waals surface area contributed by atoms with Crippen LogP contribution in [0.2, 0.25) is 0 Å². The molecule has 0 N–H and O–H groups in total. The Balaban J connectivity index is 2.17. The first-order valence-electron chi connectivity index (χ1n) is 9.62. The number of ether oxygens (including phenoxy) is 2. The van der Waals surface area contributed by atoms with Crippen molar-refractivity contribution in [1.29, 1.82) is 0 Å². The van der Waals surface area contributed by atoms with Gasteiger partial charge in [-0.15, -0.1) is 0 Å². The van der Waals surface area contributed by atoms with Crippen LogP contribution in [0.5, 0.6) is 0 Å². The Kier molecular flexibility index (Phi) is 5.99. The van der Waals surface area contributed by atoms with E-state index in [1.54, 1.807) is 12.1 Å². The smallest absolute Gasteiger partial charge is 0.332 e. The zero-order valence-corrected chi connectivity index (χ0v) is 17.1. The van der Waals surface area contributed by atoms with Crippen molar-refractivity contribution in [2.24, 2.45) is 12.1 Å². The standard InChI is InChI=1S/C18H28N6O4/c1-6-27-10-8-22-16(25)14-15(21(5)18(22)26)19-17-23(9-11-28-7-2)20-12(3)13(4)24(14)17/h13H,6-11H2,1-5H3. The third-order valence-corrected chi connectivity index (χ3v) is 4.97. The number of nitrogens with zero attached hydrogens (tertiary/aromatic N) is 6. The highest BCUT2D eigenvalue weighted by Gasteiger charge is 2.30. The van der Waals surface area contributed by atoms with Gasteiger partial charge in [-0.2, -0.15) is 10.1 Å². The van der Waals surface area contributed by atoms with Gasteiger partial charge in [0.15, 0.2) is 11.2 Å². The molecule has 2 aromatic heterocycles. The maximum atomic E-state index is 13.2. The van der Waals surface area contributed by atoms with Gasteiger partial charge in [-0.3, -0.25) is 18.5 Å². The average molecular weight is 392 g/mol. The maximum absolute atomic E-state index is 13.2. The van der Waals surface area contributed by atoms with E-state index in [0.717, 1.165) is 5.71 Å². The van der Waals surface area contributed by atoms with Crippen LogP contribution in [-0.4, -0.2) is 57.4 Å². The molecule has 1 unspecified atom stereocenters. The Bertz CT molecular complexity index is 1000. The molecule has 154 valence electrons. The molecule has 0 fully saturated rings. The Morgan fingerprint density at radius 3 is 2.36 bits per heavy atom. The second-order valence-electron chi connectivity index (χ2n) is 6.69. The van der Waals surface area contributed by atoms with Gasteiger partial charge in [0.05, 0.1) is 38.1 Å². The first kappa shape index (κ1) is 20.3. The van der Waals surface area contributed by atoms with Gasteiger partial charge < -0.3 is 9.47 Å². The lowest BCUT2D eigenvalue weighted by Crippen LogP contribution is -2.41. The lowest BCUT2D eigenvalue weighted by Gasteiger charge is -2.29. The van der Waals surface area contributed by atoms with Gasteiger partial charge in [0, 0.05) is 20.3 Å². The fourth-order valence-electron chi connectivity index (χ4n) is 3.33. The quantitative estimate of drug-likeness (QED) is 0.615. The largest absolute Gasteiger partial charge is 0.380 e. The molecular formula is C18H28N6O4. The Hall–Kier alpha value is -2.46. The second-order valence-corrected chi connectivity index (χ2v) is 6.69. The lowest BCUT2D eigenvalue weighted by atomic mass is 10.2. The van der Waals surface area contributed by atoms with E-state index in [-0.39, 0.29) is 18.1 Å². The van der Waals surface area contributed by atoms with Gasteiger partial charge in [0.2, 0.25) is 5.95 Å². The molecule has 1 aliphatic rings. The Labute approximate surface area is 163 Å². The van der Waals surface area contributed by atoms with Gasteiger partial charge in [-0.1, -0.05) is 0 Å². The summed E-state index contributed by atoms with van der Waals surface area (Å²) >= 11 is 0. The summed E-state index contributed by atoms with van der Waals surface area (Å²) in [5.74, 6) is 0.544. The predicted molar refractivity (Wildman–Crippen MR) is 107 cm³/mol. The third kappa shape index (κ3) is 3.37. The molecule has 0 aliphatic carbocycles. The first-order valence-corrected chi connectivity index (χ1v) is 9.62. The number of aromatic nitrogens is 4. The van der Waals surface area contributed by atoms with Crippen molar-refractivity contribution in [2.45, 2.75) is 40.3 Å². The highest BCUT2D eigenvalue weighted by Crippen LogP contribution is 2.29. The molecule has 0 amide bonds. The minimum absolute atomic E-state index is 0.145. The van der Waals surface area contributed by atoms with Crippen LogP contribution in [0.4, 0.5) is 5.95 Å². The molecule has 10 nitrogen and oxygen atoms in total. The van der Waals surface area contributed by atoms with Crippen molar-refractivity contribution in [3.63, 3.8) is 0 Å². The third-order valence-electron chi connectivity index (χ3n) is 4.97. The van der Waals surface area contributed by atoms with Crippen molar-refractivity contribution in [1.82, 2.24) is 18.7 Å².